The van der Waals surface area contributed by atoms with Gasteiger partial charge in [0.1, 0.15) is 0 Å². The Balaban J connectivity index is 0.000000152. The summed E-state index contributed by atoms with van der Waals surface area (Å²) in [6, 6.07) is 62.2. The number of hydrogen-bond acceptors (Lipinski definition) is 11. The lowest BCUT2D eigenvalue weighted by Gasteiger charge is -2.44. The number of anilines is 1. The Labute approximate surface area is 483 Å². The van der Waals surface area contributed by atoms with Crippen LogP contribution < -0.4 is 4.90 Å². The van der Waals surface area contributed by atoms with Crippen molar-refractivity contribution in [2.75, 3.05) is 11.9 Å². The van der Waals surface area contributed by atoms with Gasteiger partial charge in [0.2, 0.25) is 23.5 Å². The summed E-state index contributed by atoms with van der Waals surface area (Å²) in [5, 5.41) is 0. The number of carbonyl (C=O) groups excluding carboxylic acids is 6. The number of Topliss-reactive ketones (excluding diaryl/α,β-unsaturated/α-hetero) is 2. The first-order valence-electron chi connectivity index (χ1n) is 27.3. The fourth-order valence-electron chi connectivity index (χ4n) is 15.1. The minimum Gasteiger partial charge on any atom is -0.298 e. The number of benzene rings is 7. The molecule has 418 valence electrons. The van der Waals surface area contributed by atoms with E-state index in [1.807, 2.05) is 135 Å². The van der Waals surface area contributed by atoms with Crippen LogP contribution >= 0.6 is 0 Å². The van der Waals surface area contributed by atoms with Crippen LogP contribution in [-0.4, -0.2) is 75.1 Å². The summed E-state index contributed by atoms with van der Waals surface area (Å²) in [4.78, 5) is 98.5. The van der Waals surface area contributed by atoms with Crippen LogP contribution in [0.1, 0.15) is 63.8 Å². The van der Waals surface area contributed by atoms with Crippen molar-refractivity contribution >= 4 is 83.8 Å². The second-order valence-corrected chi connectivity index (χ2v) is 26.9. The van der Waals surface area contributed by atoms with E-state index in [9.17, 15) is 33.0 Å². The molecule has 2 saturated carbocycles. The van der Waals surface area contributed by atoms with Crippen molar-refractivity contribution in [3.63, 3.8) is 0 Å². The zero-order valence-electron chi connectivity index (χ0n) is 46.6. The Morgan fingerprint density at radius 1 is 0.434 bits per heavy atom. The van der Waals surface area contributed by atoms with Crippen LogP contribution in [0.25, 0.3) is 22.3 Å². The van der Waals surface area contributed by atoms with Gasteiger partial charge in [-0.25, -0.2) is 13.3 Å². The van der Waals surface area contributed by atoms with Crippen LogP contribution in [0, 0.1) is 33.5 Å². The molecule has 9 atom stereocenters. The van der Waals surface area contributed by atoms with Gasteiger partial charge in [0.25, 0.3) is 5.91 Å². The van der Waals surface area contributed by atoms with Crippen LogP contribution in [0.2, 0.25) is 0 Å². The average Bonchev–Trinajstić information content (AvgIpc) is 1.47. The molecule has 3 aliphatic heterocycles. The zero-order chi connectivity index (χ0) is 58.9. The lowest BCUT2D eigenvalue weighted by molar-refractivity contribution is -0.143. The topological polar surface area (TPSA) is 185 Å². The highest BCUT2D eigenvalue weighted by Gasteiger charge is 2.91. The highest BCUT2D eigenvalue weighted by molar-refractivity contribution is 7.94. The van der Waals surface area contributed by atoms with E-state index in [2.05, 4.69) is 9.78 Å². The van der Waals surface area contributed by atoms with Crippen molar-refractivity contribution in [1.82, 2.24) is 4.90 Å². The first-order chi connectivity index (χ1) is 39.6. The SMILES string of the molecule is CC1(C)OO1.CC12C(=O)C(C)(C(c3ccccc3)=C1c1ccccc1)C1(S(=O)(=O)c3ccccc3)C(=O)N(c3ccccc3)C(=O)C21.CN1C(=O)C2C3(C)C(=O)C(C)(C(c4ccccc4)=C3c3ccccc3)C2(S(=O)c2ccccc2)C1=O. The predicted octanol–water partition coefficient (Wildman–Crippen LogP) is 10.7. The summed E-state index contributed by atoms with van der Waals surface area (Å²) in [5.41, 5.74) is -0.623. The van der Waals surface area contributed by atoms with Crippen molar-refractivity contribution in [1.29, 1.82) is 0 Å². The molecule has 3 heterocycles. The van der Waals surface area contributed by atoms with Crippen molar-refractivity contribution in [2.45, 2.75) is 66.6 Å². The van der Waals surface area contributed by atoms with E-state index in [0.717, 1.165) is 26.5 Å². The summed E-state index contributed by atoms with van der Waals surface area (Å²) < 4.78 is 40.6. The Morgan fingerprint density at radius 3 is 1.20 bits per heavy atom. The van der Waals surface area contributed by atoms with E-state index in [4.69, 9.17) is 0 Å². The minimum atomic E-state index is -4.63. The Bertz CT molecular complexity index is 4080. The Morgan fingerprint density at radius 2 is 0.783 bits per heavy atom. The molecule has 4 amide bonds. The van der Waals surface area contributed by atoms with Crippen LogP contribution in [-0.2, 0) is 59.2 Å². The van der Waals surface area contributed by atoms with E-state index < -0.39 is 93.0 Å². The number of imide groups is 2. The summed E-state index contributed by atoms with van der Waals surface area (Å²) in [7, 11) is -5.17. The highest BCUT2D eigenvalue weighted by atomic mass is 32.2. The number of ketones is 2. The number of rotatable bonds is 9. The molecule has 0 radical (unpaired) electrons. The first kappa shape index (κ1) is 55.2. The molecule has 4 bridgehead atoms. The second-order valence-electron chi connectivity index (χ2n) is 23.1. The molecule has 3 saturated heterocycles. The molecule has 83 heavy (non-hydrogen) atoms. The van der Waals surface area contributed by atoms with Crippen molar-refractivity contribution in [3.8, 4) is 0 Å². The van der Waals surface area contributed by atoms with Gasteiger partial charge in [-0.1, -0.05) is 176 Å². The fraction of sp³-hybridized carbons (Fsp3) is 0.235. The van der Waals surface area contributed by atoms with E-state index in [-0.39, 0.29) is 22.2 Å². The molecule has 15 heteroatoms. The van der Waals surface area contributed by atoms with Crippen molar-refractivity contribution < 1.29 is 51.2 Å². The molecule has 4 aliphatic carbocycles. The lowest BCUT2D eigenvalue weighted by atomic mass is 9.62. The molecular weight excluding hydrogens is 1080 g/mol. The molecule has 0 aromatic heterocycles. The molecule has 5 fully saturated rings. The number of hydrogen-bond donors (Lipinski definition) is 0. The smallest absolute Gasteiger partial charge is 0.257 e. The number of sulfone groups is 1. The summed E-state index contributed by atoms with van der Waals surface area (Å²) in [6.45, 7) is 10.4. The number of allylic oxidation sites excluding steroid dienone is 4. The van der Waals surface area contributed by atoms with Gasteiger partial charge in [-0.2, -0.15) is 9.78 Å². The molecule has 0 N–H and O–H groups in total. The zero-order valence-corrected chi connectivity index (χ0v) is 48.2. The van der Waals surface area contributed by atoms with E-state index in [0.29, 0.717) is 32.7 Å². The third-order valence-corrected chi connectivity index (χ3v) is 23.1. The highest BCUT2D eigenvalue weighted by Crippen LogP contribution is 2.79. The van der Waals surface area contributed by atoms with Gasteiger partial charge < -0.3 is 0 Å². The molecule has 7 aromatic rings. The lowest BCUT2D eigenvalue weighted by Crippen LogP contribution is -2.60. The maximum Gasteiger partial charge on any atom is 0.257 e. The van der Waals surface area contributed by atoms with E-state index in [1.165, 1.54) is 19.2 Å². The molecule has 0 spiro atoms. The molecular formula is C68H58N2O11S2. The van der Waals surface area contributed by atoms with Gasteiger partial charge in [0.15, 0.2) is 30.9 Å². The number of fused-ring (bicyclic) bond motifs is 10. The monoisotopic (exact) mass is 1140 g/mol. The van der Waals surface area contributed by atoms with Gasteiger partial charge >= 0.3 is 0 Å². The third-order valence-electron chi connectivity index (χ3n) is 18.4. The van der Waals surface area contributed by atoms with Gasteiger partial charge in [-0.15, -0.1) is 0 Å². The van der Waals surface area contributed by atoms with E-state index in [1.54, 1.807) is 107 Å². The number of carbonyl (C=O) groups is 6. The summed E-state index contributed by atoms with van der Waals surface area (Å²) >= 11 is 0. The average molecular weight is 1140 g/mol. The van der Waals surface area contributed by atoms with Crippen molar-refractivity contribution in [3.05, 3.63) is 235 Å². The molecule has 9 unspecified atom stereocenters. The van der Waals surface area contributed by atoms with Crippen LogP contribution in [0.5, 0.6) is 0 Å². The van der Waals surface area contributed by atoms with Crippen LogP contribution in [0.4, 0.5) is 5.69 Å². The second kappa shape index (κ2) is 19.1. The van der Waals surface area contributed by atoms with Crippen molar-refractivity contribution in [2.24, 2.45) is 33.5 Å². The number of nitrogens with zero attached hydrogens (tertiary/aromatic N) is 2. The fourth-order valence-corrected chi connectivity index (χ4v) is 19.9. The minimum absolute atomic E-state index is 0.107. The predicted molar refractivity (Wildman–Crippen MR) is 314 cm³/mol. The third kappa shape index (κ3) is 7.05. The Hall–Kier alpha value is -8.34. The van der Waals surface area contributed by atoms with Crippen LogP contribution in [0.3, 0.4) is 0 Å². The van der Waals surface area contributed by atoms with Gasteiger partial charge in [-0.05, 0) is 122 Å². The summed E-state index contributed by atoms with van der Waals surface area (Å²) in [5.74, 6) is -6.07. The van der Waals surface area contributed by atoms with Crippen LogP contribution in [0.15, 0.2) is 222 Å². The number of likely N-dealkylation sites (tertiary alicyclic amines) is 1. The number of para-hydroxylation sites is 1. The molecule has 14 rings (SSSR count). The maximum atomic E-state index is 15.1. The quantitative estimate of drug-likeness (QED) is 0.0761. The van der Waals surface area contributed by atoms with Gasteiger partial charge in [0, 0.05) is 11.9 Å². The normalized spacial score (nSPS) is 30.0. The largest absolute Gasteiger partial charge is 0.298 e. The van der Waals surface area contributed by atoms with Gasteiger partial charge in [0.05, 0.1) is 54.9 Å². The molecule has 13 nitrogen and oxygen atoms in total. The maximum absolute atomic E-state index is 15.1. The first-order valence-corrected chi connectivity index (χ1v) is 29.9. The molecule has 7 aliphatic rings. The van der Waals surface area contributed by atoms with E-state index >= 15 is 8.42 Å². The standard InChI is InChI=1S/C35H27NO5S.C30H25NO4S.C3H6O2/c1-33-27(23-15-7-3-8-16-23)28(24-17-9-4-10-18-24)34(2,31(33)38)35(42(40,41)26-21-13-6-14-22-26)29(33)30(37)36(32(35)39)25-19-11-5-12-20-25;1-28-22(19-13-7-4-8-14-19)23(20-15-9-5-10-16-20)29(2,26(28)33)30(24(28)25(32)31(3)27(30)34)36(35)21-17-11-6-12-18-21;1-3(2)4-5-3/h3-22,29H,1-2H3;4-18,24H,1-3H3;1-2H3. The number of amides is 4. The summed E-state index contributed by atoms with van der Waals surface area (Å²) in [6.07, 6.45) is 0. The van der Waals surface area contributed by atoms with Gasteiger partial charge in [-0.3, -0.25) is 37.9 Å². The Kier molecular flexibility index (Phi) is 12.7. The molecule has 7 aromatic carbocycles.